The van der Waals surface area contributed by atoms with Gasteiger partial charge in [0, 0.05) is 17.6 Å². The Labute approximate surface area is 94.2 Å². The third-order valence-electron chi connectivity index (χ3n) is 2.85. The van der Waals surface area contributed by atoms with Crippen LogP contribution in [0.4, 0.5) is 0 Å². The summed E-state index contributed by atoms with van der Waals surface area (Å²) in [5, 5.41) is 18.1. The van der Waals surface area contributed by atoms with Gasteiger partial charge in [-0.1, -0.05) is 6.92 Å². The van der Waals surface area contributed by atoms with Crippen LogP contribution in [0.3, 0.4) is 0 Å². The fraction of sp³-hybridized carbons (Fsp3) is 0.900. The molecule has 5 heteroatoms. The molecule has 0 aromatic carbocycles. The highest BCUT2D eigenvalue weighted by molar-refractivity contribution is 8.00. The van der Waals surface area contributed by atoms with Gasteiger partial charge in [0.1, 0.15) is 5.54 Å². The number of carbonyl (C=O) groups is 1. The van der Waals surface area contributed by atoms with Gasteiger partial charge in [-0.05, 0) is 25.2 Å². The first-order valence-electron chi connectivity index (χ1n) is 5.25. The van der Waals surface area contributed by atoms with Gasteiger partial charge in [0.15, 0.2) is 0 Å². The molecule has 1 saturated carbocycles. The SMILES string of the molecule is CC(CCO)SCC(N)(C(=O)O)C1CC1. The smallest absolute Gasteiger partial charge is 0.324 e. The van der Waals surface area contributed by atoms with Crippen molar-refractivity contribution in [1.29, 1.82) is 0 Å². The van der Waals surface area contributed by atoms with E-state index in [0.717, 1.165) is 12.8 Å². The van der Waals surface area contributed by atoms with Gasteiger partial charge in [-0.25, -0.2) is 0 Å². The lowest BCUT2D eigenvalue weighted by atomic mass is 9.98. The van der Waals surface area contributed by atoms with Crippen LogP contribution in [0.5, 0.6) is 0 Å². The summed E-state index contributed by atoms with van der Waals surface area (Å²) >= 11 is 1.54. The van der Waals surface area contributed by atoms with Crippen molar-refractivity contribution in [3.05, 3.63) is 0 Å². The van der Waals surface area contributed by atoms with Crippen molar-refractivity contribution in [2.45, 2.75) is 37.0 Å². The molecule has 0 aromatic rings. The van der Waals surface area contributed by atoms with E-state index in [1.54, 1.807) is 0 Å². The standard InChI is InChI=1S/C10H19NO3S/c1-7(4-5-12)15-6-10(11,9(13)14)8-2-3-8/h7-8,12H,2-6,11H2,1H3,(H,13,14). The van der Waals surface area contributed by atoms with Crippen LogP contribution in [0.2, 0.25) is 0 Å². The molecular weight excluding hydrogens is 214 g/mol. The van der Waals surface area contributed by atoms with E-state index in [0.29, 0.717) is 12.2 Å². The minimum absolute atomic E-state index is 0.141. The van der Waals surface area contributed by atoms with Crippen LogP contribution in [0.15, 0.2) is 0 Å². The number of carboxylic acid groups (broad SMARTS) is 1. The summed E-state index contributed by atoms with van der Waals surface area (Å²) in [6.07, 6.45) is 2.54. The van der Waals surface area contributed by atoms with Crippen LogP contribution in [-0.2, 0) is 4.79 Å². The van der Waals surface area contributed by atoms with E-state index in [-0.39, 0.29) is 17.8 Å². The highest BCUT2D eigenvalue weighted by atomic mass is 32.2. The Balaban J connectivity index is 2.42. The van der Waals surface area contributed by atoms with Gasteiger partial charge in [0.05, 0.1) is 0 Å². The van der Waals surface area contributed by atoms with Crippen molar-refractivity contribution in [2.24, 2.45) is 11.7 Å². The van der Waals surface area contributed by atoms with Crippen molar-refractivity contribution < 1.29 is 15.0 Å². The number of aliphatic hydroxyl groups is 1. The number of carboxylic acids is 1. The summed E-state index contributed by atoms with van der Waals surface area (Å²) in [4.78, 5) is 11.1. The summed E-state index contributed by atoms with van der Waals surface area (Å²) in [6, 6.07) is 0. The van der Waals surface area contributed by atoms with Crippen LogP contribution in [0.1, 0.15) is 26.2 Å². The van der Waals surface area contributed by atoms with Crippen molar-refractivity contribution in [3.63, 3.8) is 0 Å². The second kappa shape index (κ2) is 5.18. The zero-order chi connectivity index (χ0) is 11.5. The summed E-state index contributed by atoms with van der Waals surface area (Å²) in [6.45, 7) is 2.12. The maximum atomic E-state index is 11.1. The number of thioether (sulfide) groups is 1. The molecule has 2 unspecified atom stereocenters. The number of aliphatic carboxylic acids is 1. The van der Waals surface area contributed by atoms with Gasteiger partial charge in [0.2, 0.25) is 0 Å². The van der Waals surface area contributed by atoms with E-state index >= 15 is 0 Å². The molecule has 4 N–H and O–H groups in total. The first-order chi connectivity index (χ1) is 7.00. The van der Waals surface area contributed by atoms with Crippen molar-refractivity contribution in [1.82, 2.24) is 0 Å². The van der Waals surface area contributed by atoms with Gasteiger partial charge < -0.3 is 15.9 Å². The molecule has 2 atom stereocenters. The molecule has 0 spiro atoms. The van der Waals surface area contributed by atoms with E-state index in [4.69, 9.17) is 15.9 Å². The molecule has 1 rings (SSSR count). The van der Waals surface area contributed by atoms with E-state index < -0.39 is 11.5 Å². The first-order valence-corrected chi connectivity index (χ1v) is 6.30. The molecule has 15 heavy (non-hydrogen) atoms. The van der Waals surface area contributed by atoms with Crippen LogP contribution in [-0.4, -0.2) is 39.3 Å². The topological polar surface area (TPSA) is 83.5 Å². The molecule has 0 aromatic heterocycles. The Morgan fingerprint density at radius 1 is 1.67 bits per heavy atom. The quantitative estimate of drug-likeness (QED) is 0.602. The predicted molar refractivity (Wildman–Crippen MR) is 60.9 cm³/mol. The predicted octanol–water partition coefficient (Wildman–Crippen LogP) is 0.683. The molecule has 4 nitrogen and oxygen atoms in total. The average molecular weight is 233 g/mol. The summed E-state index contributed by atoms with van der Waals surface area (Å²) in [5.41, 5.74) is 4.85. The van der Waals surface area contributed by atoms with Gasteiger partial charge in [0.25, 0.3) is 0 Å². The molecule has 0 radical (unpaired) electrons. The number of aliphatic hydroxyl groups excluding tert-OH is 1. The minimum Gasteiger partial charge on any atom is -0.480 e. The van der Waals surface area contributed by atoms with Crippen LogP contribution in [0.25, 0.3) is 0 Å². The number of nitrogens with two attached hydrogens (primary N) is 1. The van der Waals surface area contributed by atoms with E-state index in [2.05, 4.69) is 0 Å². The average Bonchev–Trinajstić information content (AvgIpc) is 2.97. The zero-order valence-corrected chi connectivity index (χ0v) is 9.80. The Morgan fingerprint density at radius 3 is 2.67 bits per heavy atom. The highest BCUT2D eigenvalue weighted by Crippen LogP contribution is 2.40. The summed E-state index contributed by atoms with van der Waals surface area (Å²) in [7, 11) is 0. The molecular formula is C10H19NO3S. The maximum Gasteiger partial charge on any atom is 0.324 e. The lowest BCUT2D eigenvalue weighted by Gasteiger charge is -2.25. The lowest BCUT2D eigenvalue weighted by molar-refractivity contribution is -0.143. The van der Waals surface area contributed by atoms with Crippen LogP contribution < -0.4 is 5.73 Å². The van der Waals surface area contributed by atoms with Crippen molar-refractivity contribution in [3.8, 4) is 0 Å². The zero-order valence-electron chi connectivity index (χ0n) is 8.98. The van der Waals surface area contributed by atoms with Gasteiger partial charge >= 0.3 is 5.97 Å². The molecule has 0 amide bonds. The molecule has 0 saturated heterocycles. The van der Waals surface area contributed by atoms with Crippen LogP contribution >= 0.6 is 11.8 Å². The second-order valence-electron chi connectivity index (χ2n) is 4.25. The molecule has 1 aliphatic rings. The minimum atomic E-state index is -1.06. The fourth-order valence-electron chi connectivity index (χ4n) is 1.50. The Hall–Kier alpha value is -0.260. The number of hydrogen-bond acceptors (Lipinski definition) is 4. The maximum absolute atomic E-state index is 11.1. The Morgan fingerprint density at radius 2 is 2.27 bits per heavy atom. The van der Waals surface area contributed by atoms with E-state index in [1.165, 1.54) is 11.8 Å². The third kappa shape index (κ3) is 3.36. The number of hydrogen-bond donors (Lipinski definition) is 3. The highest BCUT2D eigenvalue weighted by Gasteiger charge is 2.48. The normalized spacial score (nSPS) is 22.1. The van der Waals surface area contributed by atoms with Crippen molar-refractivity contribution in [2.75, 3.05) is 12.4 Å². The second-order valence-corrected chi connectivity index (χ2v) is 5.68. The molecule has 0 aliphatic heterocycles. The Bertz CT molecular complexity index is 233. The molecule has 1 aliphatic carbocycles. The van der Waals surface area contributed by atoms with Gasteiger partial charge in [-0.2, -0.15) is 11.8 Å². The summed E-state index contributed by atoms with van der Waals surface area (Å²) in [5.74, 6) is -0.314. The van der Waals surface area contributed by atoms with Crippen molar-refractivity contribution >= 4 is 17.7 Å². The van der Waals surface area contributed by atoms with E-state index in [9.17, 15) is 4.79 Å². The van der Waals surface area contributed by atoms with Crippen LogP contribution in [0, 0.1) is 5.92 Å². The fourth-order valence-corrected chi connectivity index (χ4v) is 2.69. The molecule has 0 bridgehead atoms. The molecule has 1 fully saturated rings. The largest absolute Gasteiger partial charge is 0.480 e. The summed E-state index contributed by atoms with van der Waals surface area (Å²) < 4.78 is 0. The van der Waals surface area contributed by atoms with E-state index in [1.807, 2.05) is 6.92 Å². The lowest BCUT2D eigenvalue weighted by Crippen LogP contribution is -2.52. The van der Waals surface area contributed by atoms with Gasteiger partial charge in [-0.3, -0.25) is 4.79 Å². The monoisotopic (exact) mass is 233 g/mol. The third-order valence-corrected chi connectivity index (χ3v) is 4.30. The number of rotatable bonds is 7. The molecule has 88 valence electrons. The Kier molecular flexibility index (Phi) is 4.43. The first kappa shape index (κ1) is 12.8. The van der Waals surface area contributed by atoms with Gasteiger partial charge in [-0.15, -0.1) is 0 Å². The molecule has 0 heterocycles.